The minimum absolute atomic E-state index is 0.200. The zero-order valence-electron chi connectivity index (χ0n) is 8.93. The molecule has 1 aromatic rings. The second kappa shape index (κ2) is 6.12. The smallest absolute Gasteiger partial charge is 0.251 e. The molecule has 84 valence electrons. The van der Waals surface area contributed by atoms with E-state index in [4.69, 9.17) is 0 Å². The van der Waals surface area contributed by atoms with Gasteiger partial charge in [0.25, 0.3) is 5.91 Å². The van der Waals surface area contributed by atoms with Crippen LogP contribution in [0.4, 0.5) is 0 Å². The lowest BCUT2D eigenvalue weighted by Gasteiger charge is -2.01. The first-order valence-corrected chi connectivity index (χ1v) is 5.27. The number of imide groups is 1. The maximum Gasteiger partial charge on any atom is 0.251 e. The lowest BCUT2D eigenvalue weighted by molar-refractivity contribution is -0.127. The summed E-state index contributed by atoms with van der Waals surface area (Å²) in [4.78, 5) is 23.2. The molecular weight excluding hydrogens is 222 g/mol. The molecule has 2 amide bonds. The molecule has 16 heavy (non-hydrogen) atoms. The van der Waals surface area contributed by atoms with Crippen LogP contribution in [0.25, 0.3) is 0 Å². The fourth-order valence-electron chi connectivity index (χ4n) is 1.19. The van der Waals surface area contributed by atoms with Gasteiger partial charge in [0.05, 0.1) is 6.42 Å². The van der Waals surface area contributed by atoms with Crippen molar-refractivity contribution in [2.75, 3.05) is 0 Å². The first-order valence-electron chi connectivity index (χ1n) is 4.83. The summed E-state index contributed by atoms with van der Waals surface area (Å²) in [5, 5.41) is 2.26. The first-order chi connectivity index (χ1) is 7.58. The summed E-state index contributed by atoms with van der Waals surface area (Å²) in [6.45, 7) is 1.67. The Labute approximate surface area is 100.0 Å². The summed E-state index contributed by atoms with van der Waals surface area (Å²) < 4.78 is 0. The van der Waals surface area contributed by atoms with Gasteiger partial charge in [-0.2, -0.15) is 0 Å². The van der Waals surface area contributed by atoms with E-state index in [-0.39, 0.29) is 12.3 Å². The maximum atomic E-state index is 11.4. The Balaban J connectivity index is 2.49. The van der Waals surface area contributed by atoms with Crippen LogP contribution in [-0.2, 0) is 16.0 Å². The summed E-state index contributed by atoms with van der Waals surface area (Å²) >= 11 is 3.95. The zero-order valence-corrected chi connectivity index (χ0v) is 9.83. The van der Waals surface area contributed by atoms with Crippen LogP contribution in [-0.4, -0.2) is 11.8 Å². The van der Waals surface area contributed by atoms with Crippen molar-refractivity contribution in [3.63, 3.8) is 0 Å². The second-order valence-electron chi connectivity index (χ2n) is 3.36. The highest BCUT2D eigenvalue weighted by molar-refractivity contribution is 7.84. The third-order valence-electron chi connectivity index (χ3n) is 1.81. The Hall–Kier alpha value is -1.55. The van der Waals surface area contributed by atoms with Gasteiger partial charge >= 0.3 is 0 Å². The predicted molar refractivity (Wildman–Crippen MR) is 66.0 cm³/mol. The molecule has 0 aliphatic rings. The monoisotopic (exact) mass is 235 g/mol. The van der Waals surface area contributed by atoms with Gasteiger partial charge in [-0.1, -0.05) is 30.3 Å². The largest absolute Gasteiger partial charge is 0.293 e. The van der Waals surface area contributed by atoms with Crippen molar-refractivity contribution < 1.29 is 9.59 Å². The first kappa shape index (κ1) is 12.5. The molecule has 0 bridgehead atoms. The van der Waals surface area contributed by atoms with Gasteiger partial charge in [0.1, 0.15) is 0 Å². The number of benzene rings is 1. The van der Waals surface area contributed by atoms with Gasteiger partial charge in [-0.25, -0.2) is 0 Å². The molecule has 0 heterocycles. The Morgan fingerprint density at radius 1 is 1.31 bits per heavy atom. The van der Waals surface area contributed by atoms with E-state index in [0.717, 1.165) is 5.56 Å². The van der Waals surface area contributed by atoms with E-state index in [9.17, 15) is 9.59 Å². The van der Waals surface area contributed by atoms with Crippen LogP contribution in [0.2, 0.25) is 0 Å². The molecule has 4 heteroatoms. The summed E-state index contributed by atoms with van der Waals surface area (Å²) in [5.41, 5.74) is 0.874. The van der Waals surface area contributed by atoms with Crippen LogP contribution in [0.15, 0.2) is 41.3 Å². The maximum absolute atomic E-state index is 11.4. The van der Waals surface area contributed by atoms with Gasteiger partial charge in [0.15, 0.2) is 0 Å². The van der Waals surface area contributed by atoms with E-state index in [0.29, 0.717) is 4.91 Å². The fourth-order valence-corrected chi connectivity index (χ4v) is 1.31. The van der Waals surface area contributed by atoms with Crippen LogP contribution in [0.5, 0.6) is 0 Å². The van der Waals surface area contributed by atoms with Crippen molar-refractivity contribution in [1.82, 2.24) is 5.32 Å². The molecular formula is C12H13NO2S. The summed E-state index contributed by atoms with van der Waals surface area (Å²) in [6.07, 6.45) is 1.47. The number of thiol groups is 1. The van der Waals surface area contributed by atoms with E-state index in [2.05, 4.69) is 17.9 Å². The molecule has 1 aromatic carbocycles. The molecule has 1 N–H and O–H groups in total. The van der Waals surface area contributed by atoms with Crippen molar-refractivity contribution in [2.24, 2.45) is 0 Å². The second-order valence-corrected chi connectivity index (χ2v) is 4.07. The van der Waals surface area contributed by atoms with Crippen LogP contribution >= 0.6 is 12.6 Å². The normalized spacial score (nSPS) is 11.0. The average Bonchev–Trinajstić information content (AvgIpc) is 2.17. The van der Waals surface area contributed by atoms with Crippen molar-refractivity contribution in [2.45, 2.75) is 13.3 Å². The van der Waals surface area contributed by atoms with Crippen molar-refractivity contribution in [3.05, 3.63) is 46.9 Å². The molecule has 0 aliphatic carbocycles. The third-order valence-corrected chi connectivity index (χ3v) is 1.94. The molecule has 1 rings (SSSR count). The Bertz CT molecular complexity index is 408. The summed E-state index contributed by atoms with van der Waals surface area (Å²) in [6, 6.07) is 9.25. The molecule has 0 atom stereocenters. The number of nitrogens with one attached hydrogen (secondary N) is 1. The standard InChI is InChI=1S/C12H13NO2S/c1-9(16)7-11(14)13-12(15)8-10-5-3-2-4-6-10/h2-7,16H,8H2,1H3,(H,13,14,15). The van der Waals surface area contributed by atoms with Crippen molar-refractivity contribution in [1.29, 1.82) is 0 Å². The Kier molecular flexibility index (Phi) is 4.79. The van der Waals surface area contributed by atoms with Crippen molar-refractivity contribution in [3.8, 4) is 0 Å². The lowest BCUT2D eigenvalue weighted by atomic mass is 10.1. The van der Waals surface area contributed by atoms with E-state index in [1.165, 1.54) is 6.08 Å². The number of carbonyl (C=O) groups excluding carboxylic acids is 2. The van der Waals surface area contributed by atoms with Gasteiger partial charge in [-0.15, -0.1) is 12.6 Å². The molecule has 0 unspecified atom stereocenters. The zero-order chi connectivity index (χ0) is 12.0. The van der Waals surface area contributed by atoms with E-state index >= 15 is 0 Å². The van der Waals surface area contributed by atoms with Crippen LogP contribution in [0.1, 0.15) is 12.5 Å². The minimum Gasteiger partial charge on any atom is -0.293 e. The van der Waals surface area contributed by atoms with Gasteiger partial charge in [0, 0.05) is 6.08 Å². The van der Waals surface area contributed by atoms with Crippen LogP contribution in [0, 0.1) is 0 Å². The van der Waals surface area contributed by atoms with Crippen LogP contribution < -0.4 is 5.32 Å². The molecule has 0 radical (unpaired) electrons. The van der Waals surface area contributed by atoms with Gasteiger partial charge in [-0.05, 0) is 17.4 Å². The summed E-state index contributed by atoms with van der Waals surface area (Å²) in [7, 11) is 0. The van der Waals surface area contributed by atoms with Gasteiger partial charge in [0.2, 0.25) is 5.91 Å². The molecule has 0 aliphatic heterocycles. The fraction of sp³-hybridized carbons (Fsp3) is 0.167. The van der Waals surface area contributed by atoms with Crippen LogP contribution in [0.3, 0.4) is 0 Å². The molecule has 0 aromatic heterocycles. The Morgan fingerprint density at radius 2 is 1.94 bits per heavy atom. The van der Waals surface area contributed by atoms with Crippen molar-refractivity contribution >= 4 is 24.4 Å². The number of allylic oxidation sites excluding steroid dienone is 1. The molecule has 0 saturated carbocycles. The number of hydrogen-bond acceptors (Lipinski definition) is 3. The Morgan fingerprint density at radius 3 is 2.50 bits per heavy atom. The third kappa shape index (κ3) is 4.79. The highest BCUT2D eigenvalue weighted by atomic mass is 32.1. The summed E-state index contributed by atoms with van der Waals surface area (Å²) in [5.74, 6) is -0.754. The number of carbonyl (C=O) groups is 2. The van der Waals surface area contributed by atoms with E-state index in [1.807, 2.05) is 30.3 Å². The van der Waals surface area contributed by atoms with E-state index < -0.39 is 5.91 Å². The van der Waals surface area contributed by atoms with Gasteiger partial charge in [-0.3, -0.25) is 14.9 Å². The highest BCUT2D eigenvalue weighted by Crippen LogP contribution is 2.00. The lowest BCUT2D eigenvalue weighted by Crippen LogP contribution is -2.30. The minimum atomic E-state index is -0.437. The van der Waals surface area contributed by atoms with E-state index in [1.54, 1.807) is 6.92 Å². The molecule has 3 nitrogen and oxygen atoms in total. The molecule has 0 spiro atoms. The highest BCUT2D eigenvalue weighted by Gasteiger charge is 2.05. The number of rotatable bonds is 3. The quantitative estimate of drug-likeness (QED) is 0.619. The predicted octanol–water partition coefficient (Wildman–Crippen LogP) is 1.71. The average molecular weight is 235 g/mol. The number of hydrogen-bond donors (Lipinski definition) is 2. The topological polar surface area (TPSA) is 46.2 Å². The molecule has 0 fully saturated rings. The number of amides is 2. The SMILES string of the molecule is CC(S)=CC(=O)NC(=O)Cc1ccccc1. The molecule has 0 saturated heterocycles. The van der Waals surface area contributed by atoms with Gasteiger partial charge < -0.3 is 0 Å².